The molecule has 0 saturated carbocycles. The summed E-state index contributed by atoms with van der Waals surface area (Å²) in [4.78, 5) is 15.5. The average molecular weight is 479 g/mol. The predicted octanol–water partition coefficient (Wildman–Crippen LogP) is 5.21. The molecule has 1 unspecified atom stereocenters. The van der Waals surface area contributed by atoms with E-state index in [1.165, 1.54) is 11.1 Å². The first kappa shape index (κ1) is 24.1. The summed E-state index contributed by atoms with van der Waals surface area (Å²) in [5.41, 5.74) is 4.53. The van der Waals surface area contributed by atoms with Crippen LogP contribution >= 0.6 is 0 Å². The molecule has 6 rings (SSSR count). The van der Waals surface area contributed by atoms with Crippen LogP contribution in [0.25, 0.3) is 11.1 Å². The highest BCUT2D eigenvalue weighted by Crippen LogP contribution is 2.45. The lowest BCUT2D eigenvalue weighted by Gasteiger charge is -2.44. The van der Waals surface area contributed by atoms with E-state index in [1.54, 1.807) is 7.11 Å². The van der Waals surface area contributed by atoms with Gasteiger partial charge in [0.25, 0.3) is 0 Å². The standard InChI is InChI=1S/C29H38N2O4/c1-29(2)13-10-20-8-9-22(23-6-4-5-7-25(23)34-17-16-33-3)18-24(20)27(29)30-28(32)35-26-19-31-14-11-21(26)12-15-31/h4-9,18,21,26-27H,10-17,19H2,1-3H3,(H,30,32)/t26-,27?/m0/s1. The number of amides is 1. The number of alkyl carbamates (subject to hydrolysis) is 1. The van der Waals surface area contributed by atoms with E-state index in [4.69, 9.17) is 14.2 Å². The number of hydrogen-bond donors (Lipinski definition) is 1. The third-order valence-electron chi connectivity index (χ3n) is 8.14. The molecule has 0 aromatic heterocycles. The quantitative estimate of drug-likeness (QED) is 0.554. The Bertz CT molecular complexity index is 1040. The minimum atomic E-state index is -0.289. The van der Waals surface area contributed by atoms with Crippen molar-refractivity contribution in [2.24, 2.45) is 11.3 Å². The molecule has 6 nitrogen and oxygen atoms in total. The van der Waals surface area contributed by atoms with Crippen LogP contribution in [0.3, 0.4) is 0 Å². The van der Waals surface area contributed by atoms with E-state index >= 15 is 0 Å². The highest BCUT2D eigenvalue weighted by atomic mass is 16.6. The summed E-state index contributed by atoms with van der Waals surface area (Å²) < 4.78 is 17.1. The topological polar surface area (TPSA) is 60.0 Å². The third-order valence-corrected chi connectivity index (χ3v) is 8.14. The van der Waals surface area contributed by atoms with Gasteiger partial charge in [-0.25, -0.2) is 4.79 Å². The second-order valence-electron chi connectivity index (χ2n) is 10.9. The number of nitrogens with zero attached hydrogens (tertiary/aromatic N) is 1. The molecule has 1 N–H and O–H groups in total. The van der Waals surface area contributed by atoms with Crippen molar-refractivity contribution in [3.05, 3.63) is 53.6 Å². The fourth-order valence-corrected chi connectivity index (χ4v) is 5.95. The number of hydrogen-bond acceptors (Lipinski definition) is 5. The van der Waals surface area contributed by atoms with Crippen LogP contribution in [0.2, 0.25) is 0 Å². The smallest absolute Gasteiger partial charge is 0.407 e. The lowest BCUT2D eigenvalue weighted by molar-refractivity contribution is -0.0353. The van der Waals surface area contributed by atoms with E-state index in [1.807, 2.05) is 18.2 Å². The molecule has 6 heteroatoms. The van der Waals surface area contributed by atoms with E-state index in [0.29, 0.717) is 19.1 Å². The lowest BCUT2D eigenvalue weighted by Crippen LogP contribution is -2.53. The van der Waals surface area contributed by atoms with Crippen molar-refractivity contribution >= 4 is 6.09 Å². The first-order valence-electron chi connectivity index (χ1n) is 13.0. The second-order valence-corrected chi connectivity index (χ2v) is 10.9. The third kappa shape index (κ3) is 5.19. The van der Waals surface area contributed by atoms with E-state index < -0.39 is 0 Å². The number of carbonyl (C=O) groups is 1. The van der Waals surface area contributed by atoms with E-state index in [-0.39, 0.29) is 23.7 Å². The molecule has 1 amide bonds. The van der Waals surface area contributed by atoms with Gasteiger partial charge in [-0.05, 0) is 78.9 Å². The molecule has 4 aliphatic rings. The number of ether oxygens (including phenoxy) is 3. The van der Waals surface area contributed by atoms with Gasteiger partial charge < -0.3 is 19.5 Å². The van der Waals surface area contributed by atoms with Crippen LogP contribution in [0.5, 0.6) is 5.75 Å². The number of para-hydroxylation sites is 1. The predicted molar refractivity (Wildman–Crippen MR) is 137 cm³/mol. The number of nitrogens with one attached hydrogen (secondary N) is 1. The fraction of sp³-hybridized carbons (Fsp3) is 0.552. The monoisotopic (exact) mass is 478 g/mol. The second kappa shape index (κ2) is 10.2. The Morgan fingerprint density at radius 2 is 1.91 bits per heavy atom. The Kier molecular flexibility index (Phi) is 7.03. The molecule has 35 heavy (non-hydrogen) atoms. The normalized spacial score (nSPS) is 26.6. The molecule has 2 aromatic rings. The van der Waals surface area contributed by atoms with Crippen LogP contribution in [0.1, 0.15) is 50.3 Å². The van der Waals surface area contributed by atoms with Crippen molar-refractivity contribution < 1.29 is 19.0 Å². The largest absolute Gasteiger partial charge is 0.491 e. The maximum absolute atomic E-state index is 13.1. The Morgan fingerprint density at radius 3 is 2.66 bits per heavy atom. The zero-order valence-corrected chi connectivity index (χ0v) is 21.2. The SMILES string of the molecule is COCCOc1ccccc1-c1ccc2c(c1)C(NC(=O)O[C@H]1CN3CCC1CC3)C(C)(C)CC2. The van der Waals surface area contributed by atoms with Gasteiger partial charge in [0.1, 0.15) is 18.5 Å². The molecule has 2 bridgehead atoms. The minimum Gasteiger partial charge on any atom is -0.491 e. The molecule has 3 fully saturated rings. The highest BCUT2D eigenvalue weighted by Gasteiger charge is 2.40. The summed E-state index contributed by atoms with van der Waals surface area (Å²) >= 11 is 0. The van der Waals surface area contributed by atoms with E-state index in [9.17, 15) is 4.79 Å². The molecule has 0 radical (unpaired) electrons. The molecule has 2 aromatic carbocycles. The van der Waals surface area contributed by atoms with Gasteiger partial charge in [-0.2, -0.15) is 0 Å². The van der Waals surface area contributed by atoms with Crippen molar-refractivity contribution in [3.63, 3.8) is 0 Å². The number of aryl methyl sites for hydroxylation is 1. The van der Waals surface area contributed by atoms with Gasteiger partial charge in [-0.15, -0.1) is 0 Å². The fourth-order valence-electron chi connectivity index (χ4n) is 5.95. The lowest BCUT2D eigenvalue weighted by atomic mass is 9.70. The van der Waals surface area contributed by atoms with Gasteiger partial charge in [0, 0.05) is 19.2 Å². The molecule has 1 aliphatic carbocycles. The van der Waals surface area contributed by atoms with Gasteiger partial charge in [-0.3, -0.25) is 4.90 Å². The van der Waals surface area contributed by atoms with Crippen molar-refractivity contribution in [3.8, 4) is 16.9 Å². The maximum atomic E-state index is 13.1. The Hall–Kier alpha value is -2.57. The van der Waals surface area contributed by atoms with E-state index in [0.717, 1.165) is 62.2 Å². The minimum absolute atomic E-state index is 0.00568. The molecule has 3 saturated heterocycles. The molecular formula is C29H38N2O4. The molecule has 188 valence electrons. The molecule has 3 heterocycles. The number of carbonyl (C=O) groups excluding carboxylic acids is 1. The summed E-state index contributed by atoms with van der Waals surface area (Å²) in [5.74, 6) is 1.34. The Balaban J connectivity index is 1.38. The number of rotatable bonds is 7. The number of methoxy groups -OCH3 is 1. The van der Waals surface area contributed by atoms with E-state index in [2.05, 4.69) is 48.3 Å². The van der Waals surface area contributed by atoms with Crippen LogP contribution in [0.15, 0.2) is 42.5 Å². The van der Waals surface area contributed by atoms with Gasteiger partial charge in [0.15, 0.2) is 0 Å². The number of piperidine rings is 3. The zero-order chi connectivity index (χ0) is 24.4. The molecular weight excluding hydrogens is 440 g/mol. The summed E-state index contributed by atoms with van der Waals surface area (Å²) in [7, 11) is 1.68. The first-order chi connectivity index (χ1) is 16.9. The highest BCUT2D eigenvalue weighted by molar-refractivity contribution is 5.73. The maximum Gasteiger partial charge on any atom is 0.407 e. The van der Waals surface area contributed by atoms with Gasteiger partial charge in [-0.1, -0.05) is 44.2 Å². The molecule has 3 aliphatic heterocycles. The van der Waals surface area contributed by atoms with Crippen molar-refractivity contribution in [1.82, 2.24) is 10.2 Å². The van der Waals surface area contributed by atoms with Crippen LogP contribution in [0, 0.1) is 11.3 Å². The summed E-state index contributed by atoms with van der Waals surface area (Å²) in [5, 5.41) is 3.28. The van der Waals surface area contributed by atoms with Gasteiger partial charge >= 0.3 is 6.09 Å². The summed E-state index contributed by atoms with van der Waals surface area (Å²) in [6.45, 7) is 8.66. The number of fused-ring (bicyclic) bond motifs is 4. The first-order valence-corrected chi connectivity index (χ1v) is 13.0. The molecule has 0 spiro atoms. The average Bonchev–Trinajstić information content (AvgIpc) is 2.87. The van der Waals surface area contributed by atoms with Crippen LogP contribution in [-0.4, -0.2) is 57.1 Å². The van der Waals surface area contributed by atoms with Crippen LogP contribution in [-0.2, 0) is 15.9 Å². The van der Waals surface area contributed by atoms with Crippen molar-refractivity contribution in [2.45, 2.75) is 51.7 Å². The van der Waals surface area contributed by atoms with Crippen LogP contribution in [0.4, 0.5) is 4.79 Å². The summed E-state index contributed by atoms with van der Waals surface area (Å²) in [6.07, 6.45) is 3.99. The Morgan fingerprint density at radius 1 is 1.11 bits per heavy atom. The zero-order valence-electron chi connectivity index (χ0n) is 21.2. The van der Waals surface area contributed by atoms with Gasteiger partial charge in [0.05, 0.1) is 12.6 Å². The Labute approximate surface area is 208 Å². The van der Waals surface area contributed by atoms with Crippen molar-refractivity contribution in [2.75, 3.05) is 40.0 Å². The number of benzene rings is 2. The van der Waals surface area contributed by atoms with Crippen LogP contribution < -0.4 is 10.1 Å². The molecule has 2 atom stereocenters. The summed E-state index contributed by atoms with van der Waals surface area (Å²) in [6, 6.07) is 14.6. The van der Waals surface area contributed by atoms with Gasteiger partial charge in [0.2, 0.25) is 0 Å². The van der Waals surface area contributed by atoms with Crippen molar-refractivity contribution in [1.29, 1.82) is 0 Å².